The quantitative estimate of drug-likeness (QED) is 0.380. The van der Waals surface area contributed by atoms with Crippen LogP contribution < -0.4 is 0 Å². The van der Waals surface area contributed by atoms with Gasteiger partial charge in [-0.25, -0.2) is 0 Å². The summed E-state index contributed by atoms with van der Waals surface area (Å²) in [5, 5.41) is 0. The van der Waals surface area contributed by atoms with E-state index >= 15 is 0 Å². The van der Waals surface area contributed by atoms with Crippen molar-refractivity contribution in [3.05, 3.63) is 0 Å². The lowest BCUT2D eigenvalue weighted by Gasteiger charge is -1.86. The maximum atomic E-state index is 5.01. The highest BCUT2D eigenvalue weighted by atomic mass is 13.8. The summed E-state index contributed by atoms with van der Waals surface area (Å²) < 4.78 is 0. The van der Waals surface area contributed by atoms with Crippen LogP contribution in [0, 0.1) is 24.7 Å². The van der Waals surface area contributed by atoms with Crippen molar-refractivity contribution in [1.82, 2.24) is 0 Å². The first-order valence-electron chi connectivity index (χ1n) is 2.78. The summed E-state index contributed by atoms with van der Waals surface area (Å²) in [6.07, 6.45) is 13.9. The molecule has 0 rings (SSSR count). The second-order valence-corrected chi connectivity index (χ2v) is 1.62. The minimum absolute atomic E-state index is 0.863. The highest BCUT2D eigenvalue weighted by Gasteiger charge is 1.79. The maximum absolute atomic E-state index is 5.01. The van der Waals surface area contributed by atoms with Gasteiger partial charge >= 0.3 is 0 Å². The Hall–Kier alpha value is -0.880. The average molecular weight is 106 g/mol. The van der Waals surface area contributed by atoms with Crippen LogP contribution in [-0.2, 0) is 0 Å². The van der Waals surface area contributed by atoms with Crippen molar-refractivity contribution in [1.29, 1.82) is 0 Å². The number of hydrogen-bond acceptors (Lipinski definition) is 0. The lowest BCUT2D eigenvalue weighted by molar-refractivity contribution is 0.783. The molecule has 0 aromatic heterocycles. The van der Waals surface area contributed by atoms with Gasteiger partial charge in [0.1, 0.15) is 0 Å². The Morgan fingerprint density at radius 1 is 0.875 bits per heavy atom. The van der Waals surface area contributed by atoms with E-state index in [1.807, 2.05) is 0 Å². The summed E-state index contributed by atoms with van der Waals surface area (Å²) in [4.78, 5) is 0. The van der Waals surface area contributed by atoms with Crippen LogP contribution in [0.3, 0.4) is 0 Å². The van der Waals surface area contributed by atoms with Crippen LogP contribution in [0.5, 0.6) is 0 Å². The van der Waals surface area contributed by atoms with Crippen molar-refractivity contribution in [2.45, 2.75) is 25.7 Å². The van der Waals surface area contributed by atoms with Gasteiger partial charge in [-0.3, -0.25) is 0 Å². The predicted octanol–water partition coefficient (Wildman–Crippen LogP) is 1.81. The van der Waals surface area contributed by atoms with Gasteiger partial charge in [0, 0.05) is 12.8 Å². The molecule has 0 unspecified atom stereocenters. The van der Waals surface area contributed by atoms with E-state index in [1.165, 1.54) is 0 Å². The van der Waals surface area contributed by atoms with Gasteiger partial charge in [-0.1, -0.05) is 0 Å². The van der Waals surface area contributed by atoms with Crippen LogP contribution in [0.2, 0.25) is 0 Å². The molecule has 0 heteroatoms. The second kappa shape index (κ2) is 6.12. The largest absolute Gasteiger partial charge is 0.120 e. The normalized spacial score (nSPS) is 7.25. The lowest BCUT2D eigenvalue weighted by Crippen LogP contribution is -1.70. The van der Waals surface area contributed by atoms with E-state index in [0.717, 1.165) is 25.7 Å². The number of unbranched alkanes of at least 4 members (excludes halogenated alkanes) is 3. The predicted molar refractivity (Wildman–Crippen MR) is 36.1 cm³/mol. The molecule has 8 heavy (non-hydrogen) atoms. The van der Waals surface area contributed by atoms with Gasteiger partial charge in [0.15, 0.2) is 0 Å². The van der Waals surface area contributed by atoms with Gasteiger partial charge in [-0.15, -0.1) is 24.7 Å². The highest BCUT2D eigenvalue weighted by molar-refractivity contribution is 4.86. The zero-order valence-corrected chi connectivity index (χ0v) is 4.98. The van der Waals surface area contributed by atoms with E-state index in [9.17, 15) is 0 Å². The zero-order chi connectivity index (χ0) is 6.24. The molecule has 0 heterocycles. The molecule has 0 saturated heterocycles. The summed E-state index contributed by atoms with van der Waals surface area (Å²) in [6, 6.07) is 0. The molecule has 0 N–H and O–H groups in total. The number of rotatable bonds is 3. The fourth-order valence-electron chi connectivity index (χ4n) is 0.454. The first kappa shape index (κ1) is 7.12. The number of hydrogen-bond donors (Lipinski definition) is 0. The van der Waals surface area contributed by atoms with Gasteiger partial charge in [0.2, 0.25) is 0 Å². The van der Waals surface area contributed by atoms with Crippen molar-refractivity contribution >= 4 is 0 Å². The third-order valence-corrected chi connectivity index (χ3v) is 0.892. The summed E-state index contributed by atoms with van der Waals surface area (Å²) in [5.41, 5.74) is 0. The Morgan fingerprint density at radius 3 is 1.50 bits per heavy atom. The average Bonchev–Trinajstić information content (AvgIpc) is 1.81. The van der Waals surface area contributed by atoms with Crippen molar-refractivity contribution in [3.8, 4) is 24.7 Å². The van der Waals surface area contributed by atoms with Crippen LogP contribution in [0.15, 0.2) is 0 Å². The van der Waals surface area contributed by atoms with Gasteiger partial charge in [-0.05, 0) is 12.8 Å². The molecule has 42 valence electrons. The molecule has 0 nitrogen and oxygen atoms in total. The minimum atomic E-state index is 0.863. The van der Waals surface area contributed by atoms with Gasteiger partial charge in [-0.2, -0.15) is 0 Å². The molecular weight excluding hydrogens is 96.1 g/mol. The van der Waals surface area contributed by atoms with E-state index < -0.39 is 0 Å². The molecule has 0 spiro atoms. The third kappa shape index (κ3) is 5.12. The Labute approximate surface area is 51.3 Å². The maximum Gasteiger partial charge on any atom is 0.00863 e. The smallest absolute Gasteiger partial charge is 0.00863 e. The van der Waals surface area contributed by atoms with Crippen LogP contribution in [0.1, 0.15) is 25.7 Å². The van der Waals surface area contributed by atoms with Gasteiger partial charge < -0.3 is 0 Å². The molecule has 0 atom stereocenters. The van der Waals surface area contributed by atoms with Crippen molar-refractivity contribution in [2.24, 2.45) is 0 Å². The number of terminal acetylenes is 2. The molecule has 0 aliphatic rings. The van der Waals surface area contributed by atoms with Crippen molar-refractivity contribution < 1.29 is 0 Å². The molecule has 0 bridgehead atoms. The van der Waals surface area contributed by atoms with E-state index in [1.54, 1.807) is 0 Å². The summed E-state index contributed by atoms with van der Waals surface area (Å²) in [5.74, 6) is 5.12. The standard InChI is InChI=1S/C8H10/c1-3-5-7-8-6-4-2/h1-2H,5-8H2. The third-order valence-electron chi connectivity index (χ3n) is 0.892. The van der Waals surface area contributed by atoms with Crippen molar-refractivity contribution in [2.75, 3.05) is 0 Å². The molecule has 0 saturated carbocycles. The fraction of sp³-hybridized carbons (Fsp3) is 0.500. The van der Waals surface area contributed by atoms with E-state index in [-0.39, 0.29) is 0 Å². The minimum Gasteiger partial charge on any atom is -0.120 e. The Bertz CT molecular complexity index is 93.0. The molecule has 0 aromatic rings. The SMILES string of the molecule is C#CCCCCC#C. The van der Waals surface area contributed by atoms with Crippen molar-refractivity contribution in [3.63, 3.8) is 0 Å². The van der Waals surface area contributed by atoms with E-state index in [4.69, 9.17) is 12.8 Å². The lowest BCUT2D eigenvalue weighted by atomic mass is 10.2. The summed E-state index contributed by atoms with van der Waals surface area (Å²) in [7, 11) is 0. The van der Waals surface area contributed by atoms with Crippen LogP contribution >= 0.6 is 0 Å². The first-order chi connectivity index (χ1) is 3.91. The molecule has 0 fully saturated rings. The Balaban J connectivity index is 2.77. The van der Waals surface area contributed by atoms with Crippen LogP contribution in [-0.4, -0.2) is 0 Å². The Morgan fingerprint density at radius 2 is 1.25 bits per heavy atom. The molecule has 0 amide bonds. The molecule has 0 aliphatic carbocycles. The van der Waals surface area contributed by atoms with Crippen LogP contribution in [0.4, 0.5) is 0 Å². The van der Waals surface area contributed by atoms with Gasteiger partial charge in [0.05, 0.1) is 0 Å². The monoisotopic (exact) mass is 106 g/mol. The highest BCUT2D eigenvalue weighted by Crippen LogP contribution is 1.95. The molecule has 0 radical (unpaired) electrons. The molecule has 0 aliphatic heterocycles. The first-order valence-corrected chi connectivity index (χ1v) is 2.78. The van der Waals surface area contributed by atoms with Gasteiger partial charge in [0.25, 0.3) is 0 Å². The fourth-order valence-corrected chi connectivity index (χ4v) is 0.454. The van der Waals surface area contributed by atoms with E-state index in [2.05, 4.69) is 11.8 Å². The zero-order valence-electron chi connectivity index (χ0n) is 4.98. The van der Waals surface area contributed by atoms with E-state index in [0.29, 0.717) is 0 Å². The Kier molecular flexibility index (Phi) is 5.45. The van der Waals surface area contributed by atoms with Crippen LogP contribution in [0.25, 0.3) is 0 Å². The molecular formula is C8H10. The second-order valence-electron chi connectivity index (χ2n) is 1.62. The summed E-state index contributed by atoms with van der Waals surface area (Å²) in [6.45, 7) is 0. The molecule has 0 aromatic carbocycles. The summed E-state index contributed by atoms with van der Waals surface area (Å²) >= 11 is 0. The topological polar surface area (TPSA) is 0 Å².